The van der Waals surface area contributed by atoms with Gasteiger partial charge < -0.3 is 5.32 Å². The fourth-order valence-corrected chi connectivity index (χ4v) is 2.47. The van der Waals surface area contributed by atoms with E-state index in [9.17, 15) is 13.2 Å². The molecule has 2 aromatic carbocycles. The van der Waals surface area contributed by atoms with Crippen molar-refractivity contribution in [1.29, 1.82) is 5.26 Å². The molecule has 1 aromatic heterocycles. The van der Waals surface area contributed by atoms with Gasteiger partial charge in [0.25, 0.3) is 0 Å². The van der Waals surface area contributed by atoms with Gasteiger partial charge in [0.1, 0.15) is 6.07 Å². The van der Waals surface area contributed by atoms with Crippen LogP contribution in [0.3, 0.4) is 0 Å². The number of aromatic nitrogens is 1. The van der Waals surface area contributed by atoms with Crippen LogP contribution in [0.1, 0.15) is 16.7 Å². The standard InChI is InChI=1S/C18H12F3N3/c19-18(20,21)15-6-7-16(14(9-15)10-22)24-11-13-4-1-3-12-5-2-8-23-17(12)13/h1-9,24H,11H2. The summed E-state index contributed by atoms with van der Waals surface area (Å²) in [6.07, 6.45) is -2.78. The molecule has 0 spiro atoms. The van der Waals surface area contributed by atoms with Crippen molar-refractivity contribution in [3.05, 3.63) is 71.4 Å². The SMILES string of the molecule is N#Cc1cc(C(F)(F)F)ccc1NCc1cccc2cccnc12. The molecule has 1 N–H and O–H groups in total. The summed E-state index contributed by atoms with van der Waals surface area (Å²) in [5, 5.41) is 13.1. The molecule has 120 valence electrons. The molecule has 0 fully saturated rings. The molecule has 0 radical (unpaired) electrons. The first-order valence-electron chi connectivity index (χ1n) is 7.17. The molecule has 24 heavy (non-hydrogen) atoms. The molecule has 0 unspecified atom stereocenters. The molecule has 1 heterocycles. The first kappa shape index (κ1) is 15.8. The van der Waals surface area contributed by atoms with Crippen LogP contribution in [-0.4, -0.2) is 4.98 Å². The number of anilines is 1. The molecule has 0 aliphatic heterocycles. The molecule has 6 heteroatoms. The maximum Gasteiger partial charge on any atom is 0.416 e. The van der Waals surface area contributed by atoms with Crippen molar-refractivity contribution in [2.45, 2.75) is 12.7 Å². The molecule has 0 aliphatic rings. The van der Waals surface area contributed by atoms with E-state index < -0.39 is 11.7 Å². The van der Waals surface area contributed by atoms with Gasteiger partial charge in [0.15, 0.2) is 0 Å². The number of fused-ring (bicyclic) bond motifs is 1. The molecule has 0 saturated carbocycles. The van der Waals surface area contributed by atoms with E-state index in [0.717, 1.165) is 28.6 Å². The minimum atomic E-state index is -4.47. The second-order valence-corrected chi connectivity index (χ2v) is 5.22. The first-order valence-corrected chi connectivity index (χ1v) is 7.17. The fourth-order valence-electron chi connectivity index (χ4n) is 2.47. The number of hydrogen-bond acceptors (Lipinski definition) is 3. The third kappa shape index (κ3) is 3.15. The number of nitrogens with one attached hydrogen (secondary N) is 1. The Labute approximate surface area is 136 Å². The Morgan fingerprint density at radius 1 is 1.08 bits per heavy atom. The lowest BCUT2D eigenvalue weighted by atomic mass is 10.1. The quantitative estimate of drug-likeness (QED) is 0.756. The molecule has 0 saturated heterocycles. The topological polar surface area (TPSA) is 48.7 Å². The highest BCUT2D eigenvalue weighted by Crippen LogP contribution is 2.31. The lowest BCUT2D eigenvalue weighted by Crippen LogP contribution is -2.07. The van der Waals surface area contributed by atoms with E-state index in [4.69, 9.17) is 5.26 Å². The summed E-state index contributed by atoms with van der Waals surface area (Å²) >= 11 is 0. The average molecular weight is 327 g/mol. The summed E-state index contributed by atoms with van der Waals surface area (Å²) in [6, 6.07) is 14.4. The summed E-state index contributed by atoms with van der Waals surface area (Å²) in [7, 11) is 0. The summed E-state index contributed by atoms with van der Waals surface area (Å²) in [6.45, 7) is 0.356. The molecule has 3 rings (SSSR count). The van der Waals surface area contributed by atoms with Crippen LogP contribution in [0.5, 0.6) is 0 Å². The molecule has 3 nitrogen and oxygen atoms in total. The number of para-hydroxylation sites is 1. The highest BCUT2D eigenvalue weighted by atomic mass is 19.4. The van der Waals surface area contributed by atoms with E-state index in [1.807, 2.05) is 30.3 Å². The van der Waals surface area contributed by atoms with Crippen molar-refractivity contribution in [3.63, 3.8) is 0 Å². The van der Waals surface area contributed by atoms with E-state index in [1.165, 1.54) is 6.07 Å². The van der Waals surface area contributed by atoms with Crippen LogP contribution >= 0.6 is 0 Å². The Kier molecular flexibility index (Phi) is 4.09. The van der Waals surface area contributed by atoms with E-state index in [0.29, 0.717) is 12.2 Å². The van der Waals surface area contributed by atoms with E-state index >= 15 is 0 Å². The van der Waals surface area contributed by atoms with Crippen LogP contribution in [0.4, 0.5) is 18.9 Å². The molecule has 3 aromatic rings. The molecule has 0 amide bonds. The van der Waals surface area contributed by atoms with Crippen LogP contribution in [0.25, 0.3) is 10.9 Å². The summed E-state index contributed by atoms with van der Waals surface area (Å²) in [4.78, 5) is 4.33. The van der Waals surface area contributed by atoms with Crippen molar-refractivity contribution >= 4 is 16.6 Å². The number of nitriles is 1. The van der Waals surface area contributed by atoms with E-state index in [1.54, 1.807) is 12.3 Å². The van der Waals surface area contributed by atoms with Crippen molar-refractivity contribution in [2.75, 3.05) is 5.32 Å². The van der Waals surface area contributed by atoms with Gasteiger partial charge in [-0.2, -0.15) is 18.4 Å². The summed E-state index contributed by atoms with van der Waals surface area (Å²) in [5.41, 5.74) is 1.20. The van der Waals surface area contributed by atoms with E-state index in [2.05, 4.69) is 10.3 Å². The zero-order chi connectivity index (χ0) is 17.2. The first-order chi connectivity index (χ1) is 11.5. The fraction of sp³-hybridized carbons (Fsp3) is 0.111. The minimum Gasteiger partial charge on any atom is -0.380 e. The molecular formula is C18H12F3N3. The monoisotopic (exact) mass is 327 g/mol. The van der Waals surface area contributed by atoms with Crippen LogP contribution < -0.4 is 5.32 Å². The third-order valence-corrected chi connectivity index (χ3v) is 3.65. The van der Waals surface area contributed by atoms with Gasteiger partial charge in [-0.25, -0.2) is 0 Å². The Hall–Kier alpha value is -3.07. The zero-order valence-electron chi connectivity index (χ0n) is 12.4. The van der Waals surface area contributed by atoms with Gasteiger partial charge in [0, 0.05) is 18.1 Å². The Morgan fingerprint density at radius 3 is 2.62 bits per heavy atom. The van der Waals surface area contributed by atoms with Gasteiger partial charge in [-0.15, -0.1) is 0 Å². The highest BCUT2D eigenvalue weighted by Gasteiger charge is 2.31. The summed E-state index contributed by atoms with van der Waals surface area (Å²) < 4.78 is 38.2. The zero-order valence-corrected chi connectivity index (χ0v) is 12.4. The van der Waals surface area contributed by atoms with Crippen molar-refractivity contribution < 1.29 is 13.2 Å². The van der Waals surface area contributed by atoms with Gasteiger partial charge in [0.2, 0.25) is 0 Å². The molecule has 0 bridgehead atoms. The second kappa shape index (κ2) is 6.20. The smallest absolute Gasteiger partial charge is 0.380 e. The lowest BCUT2D eigenvalue weighted by molar-refractivity contribution is -0.137. The largest absolute Gasteiger partial charge is 0.416 e. The van der Waals surface area contributed by atoms with Crippen LogP contribution in [0.2, 0.25) is 0 Å². The number of alkyl halides is 3. The van der Waals surface area contributed by atoms with Crippen molar-refractivity contribution in [1.82, 2.24) is 4.98 Å². The lowest BCUT2D eigenvalue weighted by Gasteiger charge is -2.12. The summed E-state index contributed by atoms with van der Waals surface area (Å²) in [5.74, 6) is 0. The predicted octanol–water partition coefficient (Wildman–Crippen LogP) is 4.74. The van der Waals surface area contributed by atoms with Gasteiger partial charge in [-0.1, -0.05) is 24.3 Å². The van der Waals surface area contributed by atoms with Crippen LogP contribution in [-0.2, 0) is 12.7 Å². The second-order valence-electron chi connectivity index (χ2n) is 5.22. The number of nitrogens with zero attached hydrogens (tertiary/aromatic N) is 2. The van der Waals surface area contributed by atoms with Gasteiger partial charge in [0.05, 0.1) is 22.3 Å². The third-order valence-electron chi connectivity index (χ3n) is 3.65. The normalized spacial score (nSPS) is 11.2. The minimum absolute atomic E-state index is 0.0435. The number of benzene rings is 2. The van der Waals surface area contributed by atoms with Gasteiger partial charge in [-0.05, 0) is 29.8 Å². The predicted molar refractivity (Wildman–Crippen MR) is 85.2 cm³/mol. The van der Waals surface area contributed by atoms with E-state index in [-0.39, 0.29) is 5.56 Å². The molecule has 0 aliphatic carbocycles. The van der Waals surface area contributed by atoms with Crippen molar-refractivity contribution in [2.24, 2.45) is 0 Å². The van der Waals surface area contributed by atoms with Crippen molar-refractivity contribution in [3.8, 4) is 6.07 Å². The number of pyridine rings is 1. The number of rotatable bonds is 3. The number of halogens is 3. The Balaban J connectivity index is 1.88. The Bertz CT molecular complexity index is 921. The van der Waals surface area contributed by atoms with Gasteiger partial charge in [-0.3, -0.25) is 4.98 Å². The van der Waals surface area contributed by atoms with Crippen LogP contribution in [0, 0.1) is 11.3 Å². The highest BCUT2D eigenvalue weighted by molar-refractivity contribution is 5.81. The maximum absolute atomic E-state index is 12.7. The van der Waals surface area contributed by atoms with Gasteiger partial charge >= 0.3 is 6.18 Å². The molecular weight excluding hydrogens is 315 g/mol. The maximum atomic E-state index is 12.7. The van der Waals surface area contributed by atoms with Crippen LogP contribution in [0.15, 0.2) is 54.7 Å². The Morgan fingerprint density at radius 2 is 1.88 bits per heavy atom. The number of hydrogen-bond donors (Lipinski definition) is 1. The molecule has 0 atom stereocenters. The average Bonchev–Trinajstić information content (AvgIpc) is 2.59.